The molecule has 0 saturated heterocycles. The molecular weight excluding hydrogens is 522 g/mol. The van der Waals surface area contributed by atoms with Crippen LogP contribution in [0.15, 0.2) is 72.8 Å². The molecule has 0 aliphatic rings. The molecule has 0 bridgehead atoms. The van der Waals surface area contributed by atoms with Crippen molar-refractivity contribution in [2.45, 2.75) is 45.3 Å². The topological polar surface area (TPSA) is 111 Å². The van der Waals surface area contributed by atoms with E-state index in [0.29, 0.717) is 10.6 Å². The third kappa shape index (κ3) is 8.19. The normalized spacial score (nSPS) is 12.2. The number of amides is 2. The minimum absolute atomic E-state index is 0.00718. The molecule has 2 amide bonds. The number of carbonyl (C=O) groups excluding carboxylic acids is 2. The quantitative estimate of drug-likeness (QED) is 0.230. The highest BCUT2D eigenvalue weighted by Crippen LogP contribution is 2.31. The fraction of sp³-hybridized carbons (Fsp3) is 0.310. The third-order valence-electron chi connectivity index (χ3n) is 6.28. The number of carbonyl (C=O) groups is 2. The van der Waals surface area contributed by atoms with Crippen LogP contribution in [0.5, 0.6) is 11.5 Å². The first-order valence-corrected chi connectivity index (χ1v) is 12.9. The van der Waals surface area contributed by atoms with Crippen LogP contribution in [-0.4, -0.2) is 47.4 Å². The summed E-state index contributed by atoms with van der Waals surface area (Å²) in [7, 11) is 1.31. The molecule has 3 aromatic carbocycles. The standard InChI is InChI=1S/C29H32ClN3O6/c1-4-20(2)31-29(35)26(16-21-10-6-5-7-11-21)32(18-22-12-8-9-13-24(22)30)28(34)19-39-23-14-15-25(33(36)37)27(17-23)38-3/h5-15,17,20,26H,4,16,18-19H2,1-3H3,(H,31,35)/t20-,26-/m1/s1. The number of nitro benzene ring substituents is 1. The molecule has 3 aromatic rings. The van der Waals surface area contributed by atoms with Crippen LogP contribution in [0.1, 0.15) is 31.4 Å². The lowest BCUT2D eigenvalue weighted by atomic mass is 10.0. The van der Waals surface area contributed by atoms with Crippen molar-refractivity contribution in [3.05, 3.63) is 99.1 Å². The van der Waals surface area contributed by atoms with E-state index in [2.05, 4.69) is 5.32 Å². The number of nitrogens with zero attached hydrogens (tertiary/aromatic N) is 2. The first-order chi connectivity index (χ1) is 18.7. The Kier molecular flexibility index (Phi) is 10.7. The van der Waals surface area contributed by atoms with Crippen molar-refractivity contribution in [3.8, 4) is 11.5 Å². The fourth-order valence-electron chi connectivity index (χ4n) is 3.93. The second-order valence-electron chi connectivity index (χ2n) is 9.02. The number of methoxy groups -OCH3 is 1. The zero-order valence-electron chi connectivity index (χ0n) is 22.1. The molecule has 0 spiro atoms. The van der Waals surface area contributed by atoms with E-state index in [9.17, 15) is 19.7 Å². The van der Waals surface area contributed by atoms with Crippen LogP contribution in [0.4, 0.5) is 5.69 Å². The van der Waals surface area contributed by atoms with Gasteiger partial charge in [-0.15, -0.1) is 0 Å². The number of nitrogens with one attached hydrogen (secondary N) is 1. The molecule has 1 N–H and O–H groups in total. The summed E-state index contributed by atoms with van der Waals surface area (Å²) in [6.07, 6.45) is 1.01. The summed E-state index contributed by atoms with van der Waals surface area (Å²) in [5, 5.41) is 14.7. The molecule has 10 heteroatoms. The highest BCUT2D eigenvalue weighted by Gasteiger charge is 2.31. The molecule has 39 heavy (non-hydrogen) atoms. The highest BCUT2D eigenvalue weighted by atomic mass is 35.5. The van der Waals surface area contributed by atoms with E-state index in [4.69, 9.17) is 21.1 Å². The van der Waals surface area contributed by atoms with Gasteiger partial charge in [-0.05, 0) is 36.6 Å². The van der Waals surface area contributed by atoms with Crippen molar-refractivity contribution in [1.82, 2.24) is 10.2 Å². The van der Waals surface area contributed by atoms with E-state index in [1.54, 1.807) is 18.2 Å². The van der Waals surface area contributed by atoms with Gasteiger partial charge < -0.3 is 19.7 Å². The summed E-state index contributed by atoms with van der Waals surface area (Å²) in [6, 6.07) is 19.6. The molecule has 0 saturated carbocycles. The lowest BCUT2D eigenvalue weighted by molar-refractivity contribution is -0.385. The Balaban J connectivity index is 1.93. The molecule has 3 rings (SSSR count). The van der Waals surface area contributed by atoms with Crippen molar-refractivity contribution >= 4 is 29.1 Å². The molecule has 2 atom stereocenters. The van der Waals surface area contributed by atoms with Gasteiger partial charge in [0.1, 0.15) is 11.8 Å². The molecule has 0 unspecified atom stereocenters. The average Bonchev–Trinajstić information content (AvgIpc) is 2.94. The van der Waals surface area contributed by atoms with Crippen molar-refractivity contribution in [1.29, 1.82) is 0 Å². The van der Waals surface area contributed by atoms with Gasteiger partial charge in [-0.2, -0.15) is 0 Å². The van der Waals surface area contributed by atoms with Crippen molar-refractivity contribution in [2.24, 2.45) is 0 Å². The van der Waals surface area contributed by atoms with Gasteiger partial charge in [-0.3, -0.25) is 19.7 Å². The molecular formula is C29H32ClN3O6. The van der Waals surface area contributed by atoms with Gasteiger partial charge in [0, 0.05) is 36.2 Å². The number of halogens is 1. The predicted molar refractivity (Wildman–Crippen MR) is 149 cm³/mol. The lowest BCUT2D eigenvalue weighted by Gasteiger charge is -2.32. The Morgan fingerprint density at radius 1 is 1.08 bits per heavy atom. The van der Waals surface area contributed by atoms with Gasteiger partial charge in [0.15, 0.2) is 6.61 Å². The van der Waals surface area contributed by atoms with Crippen LogP contribution in [0.3, 0.4) is 0 Å². The van der Waals surface area contributed by atoms with Crippen molar-refractivity contribution in [2.75, 3.05) is 13.7 Å². The maximum atomic E-state index is 13.7. The van der Waals surface area contributed by atoms with Gasteiger partial charge in [-0.25, -0.2) is 0 Å². The molecule has 0 aliphatic carbocycles. The molecule has 206 valence electrons. The smallest absolute Gasteiger partial charge is 0.311 e. The number of ether oxygens (including phenoxy) is 2. The van der Waals surface area contributed by atoms with E-state index in [1.807, 2.05) is 50.2 Å². The number of nitro groups is 1. The molecule has 0 heterocycles. The van der Waals surface area contributed by atoms with Crippen LogP contribution in [-0.2, 0) is 22.6 Å². The van der Waals surface area contributed by atoms with Gasteiger partial charge in [0.2, 0.25) is 11.7 Å². The molecule has 0 radical (unpaired) electrons. The first-order valence-electron chi connectivity index (χ1n) is 12.6. The zero-order chi connectivity index (χ0) is 28.4. The van der Waals surface area contributed by atoms with E-state index >= 15 is 0 Å². The zero-order valence-corrected chi connectivity index (χ0v) is 22.9. The Hall–Kier alpha value is -4.11. The minimum Gasteiger partial charge on any atom is -0.490 e. The Morgan fingerprint density at radius 2 is 1.77 bits per heavy atom. The second kappa shape index (κ2) is 14.2. The summed E-state index contributed by atoms with van der Waals surface area (Å²) in [5.74, 6) is -0.516. The SMILES string of the molecule is CC[C@@H](C)NC(=O)[C@@H](Cc1ccccc1)N(Cc1ccccc1Cl)C(=O)COc1ccc([N+](=O)[O-])c(OC)c1. The predicted octanol–water partition coefficient (Wildman–Crippen LogP) is 5.19. The number of hydrogen-bond acceptors (Lipinski definition) is 6. The Morgan fingerprint density at radius 3 is 2.41 bits per heavy atom. The summed E-state index contributed by atoms with van der Waals surface area (Å²) >= 11 is 6.43. The maximum absolute atomic E-state index is 13.7. The third-order valence-corrected chi connectivity index (χ3v) is 6.65. The van der Waals surface area contributed by atoms with Crippen molar-refractivity contribution < 1.29 is 24.0 Å². The number of rotatable bonds is 13. The van der Waals surface area contributed by atoms with Crippen LogP contribution in [0.2, 0.25) is 5.02 Å². The molecule has 0 aromatic heterocycles. The number of benzene rings is 3. The summed E-state index contributed by atoms with van der Waals surface area (Å²) in [6.45, 7) is 3.54. The van der Waals surface area contributed by atoms with Gasteiger partial charge in [-0.1, -0.05) is 67.1 Å². The largest absolute Gasteiger partial charge is 0.490 e. The average molecular weight is 554 g/mol. The van der Waals surface area contributed by atoms with Crippen molar-refractivity contribution in [3.63, 3.8) is 0 Å². The molecule has 0 aliphatic heterocycles. The minimum atomic E-state index is -0.847. The Labute approximate surface area is 232 Å². The van der Waals surface area contributed by atoms with E-state index in [1.165, 1.54) is 30.2 Å². The first kappa shape index (κ1) is 29.4. The fourth-order valence-corrected chi connectivity index (χ4v) is 4.13. The maximum Gasteiger partial charge on any atom is 0.311 e. The van der Waals surface area contributed by atoms with Crippen LogP contribution in [0.25, 0.3) is 0 Å². The van der Waals surface area contributed by atoms with Crippen LogP contribution >= 0.6 is 11.6 Å². The van der Waals surface area contributed by atoms with E-state index in [-0.39, 0.29) is 42.1 Å². The highest BCUT2D eigenvalue weighted by molar-refractivity contribution is 6.31. The van der Waals surface area contributed by atoms with Gasteiger partial charge in [0.25, 0.3) is 5.91 Å². The van der Waals surface area contributed by atoms with Crippen LogP contribution < -0.4 is 14.8 Å². The molecule has 0 fully saturated rings. The number of hydrogen-bond donors (Lipinski definition) is 1. The molecule has 9 nitrogen and oxygen atoms in total. The summed E-state index contributed by atoms with van der Waals surface area (Å²) in [5.41, 5.74) is 1.35. The van der Waals surface area contributed by atoms with Gasteiger partial charge >= 0.3 is 5.69 Å². The van der Waals surface area contributed by atoms with Crippen LogP contribution in [0, 0.1) is 10.1 Å². The van der Waals surface area contributed by atoms with E-state index < -0.39 is 23.5 Å². The summed E-state index contributed by atoms with van der Waals surface area (Å²) < 4.78 is 10.8. The monoisotopic (exact) mass is 553 g/mol. The Bertz CT molecular complexity index is 1290. The summed E-state index contributed by atoms with van der Waals surface area (Å²) in [4.78, 5) is 39.3. The second-order valence-corrected chi connectivity index (χ2v) is 9.42. The van der Waals surface area contributed by atoms with E-state index in [0.717, 1.165) is 12.0 Å². The van der Waals surface area contributed by atoms with Gasteiger partial charge in [0.05, 0.1) is 12.0 Å². The lowest BCUT2D eigenvalue weighted by Crippen LogP contribution is -2.53.